The van der Waals surface area contributed by atoms with E-state index < -0.39 is 28.4 Å². The number of halogens is 1. The molecule has 2 aromatic carbocycles. The third kappa shape index (κ3) is 5.71. The van der Waals surface area contributed by atoms with E-state index in [1.807, 2.05) is 0 Å². The minimum atomic E-state index is -3.72. The van der Waals surface area contributed by atoms with Gasteiger partial charge < -0.3 is 10.1 Å². The minimum Gasteiger partial charge on any atom is -0.462 e. The Balaban J connectivity index is 2.28. The Morgan fingerprint density at radius 2 is 1.86 bits per heavy atom. The fourth-order valence-corrected chi connectivity index (χ4v) is 3.94. The van der Waals surface area contributed by atoms with E-state index in [4.69, 9.17) is 16.3 Å². The molecule has 0 radical (unpaired) electrons. The van der Waals surface area contributed by atoms with Crippen molar-refractivity contribution in [1.29, 1.82) is 0 Å². The van der Waals surface area contributed by atoms with Gasteiger partial charge in [-0.2, -0.15) is 0 Å². The quantitative estimate of drug-likeness (QED) is 0.667. The maximum Gasteiger partial charge on any atom is 0.338 e. The predicted octanol–water partition coefficient (Wildman–Crippen LogP) is 3.54. The summed E-state index contributed by atoms with van der Waals surface area (Å²) in [6.07, 6.45) is 1.03. The van der Waals surface area contributed by atoms with Crippen molar-refractivity contribution in [2.45, 2.75) is 20.8 Å². The number of sulfonamides is 1. The van der Waals surface area contributed by atoms with Crippen molar-refractivity contribution >= 4 is 44.9 Å². The van der Waals surface area contributed by atoms with E-state index in [2.05, 4.69) is 5.32 Å². The third-order valence-corrected chi connectivity index (χ3v) is 5.58. The van der Waals surface area contributed by atoms with Gasteiger partial charge in [-0.25, -0.2) is 13.2 Å². The SMILES string of the molecule is CCOC(=O)c1cccc(NC(=O)CN(c2ccc(Cl)cc2C)S(C)(=O)=O)c1C. The van der Waals surface area contributed by atoms with Crippen LogP contribution in [0, 0.1) is 13.8 Å². The molecule has 2 rings (SSSR count). The summed E-state index contributed by atoms with van der Waals surface area (Å²) in [4.78, 5) is 24.7. The number of hydrogen-bond acceptors (Lipinski definition) is 5. The number of hydrogen-bond donors (Lipinski definition) is 1. The summed E-state index contributed by atoms with van der Waals surface area (Å²) in [6.45, 7) is 4.91. The summed E-state index contributed by atoms with van der Waals surface area (Å²) < 4.78 is 30.6. The molecule has 156 valence electrons. The van der Waals surface area contributed by atoms with Gasteiger partial charge in [0.05, 0.1) is 24.1 Å². The second-order valence-electron chi connectivity index (χ2n) is 6.45. The molecule has 0 bridgehead atoms. The maximum absolute atomic E-state index is 12.6. The Morgan fingerprint density at radius 3 is 2.45 bits per heavy atom. The van der Waals surface area contributed by atoms with Crippen LogP contribution in [0.1, 0.15) is 28.4 Å². The Hall–Kier alpha value is -2.58. The van der Waals surface area contributed by atoms with Crippen molar-refractivity contribution in [1.82, 2.24) is 0 Å². The lowest BCUT2D eigenvalue weighted by molar-refractivity contribution is -0.114. The molecule has 0 unspecified atom stereocenters. The largest absolute Gasteiger partial charge is 0.462 e. The van der Waals surface area contributed by atoms with Crippen LogP contribution >= 0.6 is 11.6 Å². The van der Waals surface area contributed by atoms with Crippen molar-refractivity contribution in [3.05, 3.63) is 58.1 Å². The topological polar surface area (TPSA) is 92.8 Å². The Kier molecular flexibility index (Phi) is 7.26. The van der Waals surface area contributed by atoms with Crippen LogP contribution in [0.3, 0.4) is 0 Å². The molecule has 9 heteroatoms. The first kappa shape index (κ1) is 22.7. The zero-order chi connectivity index (χ0) is 21.8. The average molecular weight is 439 g/mol. The molecule has 0 spiro atoms. The number of carbonyl (C=O) groups excluding carboxylic acids is 2. The predicted molar refractivity (Wildman–Crippen MR) is 114 cm³/mol. The molecule has 1 amide bonds. The molecule has 0 atom stereocenters. The number of nitrogens with one attached hydrogen (secondary N) is 1. The summed E-state index contributed by atoms with van der Waals surface area (Å²) in [5.74, 6) is -1.04. The van der Waals surface area contributed by atoms with E-state index in [9.17, 15) is 18.0 Å². The van der Waals surface area contributed by atoms with Crippen LogP contribution in [-0.4, -0.2) is 39.7 Å². The van der Waals surface area contributed by atoms with Gasteiger partial charge in [0.25, 0.3) is 0 Å². The molecule has 0 fully saturated rings. The highest BCUT2D eigenvalue weighted by molar-refractivity contribution is 7.92. The second-order valence-corrected chi connectivity index (χ2v) is 8.79. The van der Waals surface area contributed by atoms with Gasteiger partial charge in [-0.3, -0.25) is 9.10 Å². The van der Waals surface area contributed by atoms with E-state index in [0.717, 1.165) is 10.6 Å². The van der Waals surface area contributed by atoms with E-state index in [1.165, 1.54) is 0 Å². The summed E-state index contributed by atoms with van der Waals surface area (Å²) in [5, 5.41) is 3.14. The summed E-state index contributed by atoms with van der Waals surface area (Å²) >= 11 is 5.94. The second kappa shape index (κ2) is 9.28. The number of nitrogens with zero attached hydrogens (tertiary/aromatic N) is 1. The molecular formula is C20H23ClN2O5S. The highest BCUT2D eigenvalue weighted by Crippen LogP contribution is 2.26. The number of ether oxygens (including phenoxy) is 1. The van der Waals surface area contributed by atoms with E-state index in [0.29, 0.717) is 33.1 Å². The number of amides is 1. The summed E-state index contributed by atoms with van der Waals surface area (Å²) in [7, 11) is -3.72. The van der Waals surface area contributed by atoms with Crippen molar-refractivity contribution in [2.24, 2.45) is 0 Å². The number of anilines is 2. The molecule has 0 heterocycles. The Morgan fingerprint density at radius 1 is 1.17 bits per heavy atom. The zero-order valence-electron chi connectivity index (χ0n) is 16.7. The van der Waals surface area contributed by atoms with Crippen LogP contribution in [0.25, 0.3) is 0 Å². The fraction of sp³-hybridized carbons (Fsp3) is 0.300. The first-order valence-corrected chi connectivity index (χ1v) is 11.1. The van der Waals surface area contributed by atoms with E-state index in [-0.39, 0.29) is 6.61 Å². The normalized spacial score (nSPS) is 11.1. The van der Waals surface area contributed by atoms with Crippen molar-refractivity contribution in [3.63, 3.8) is 0 Å². The molecule has 0 aliphatic carbocycles. The number of aryl methyl sites for hydroxylation is 1. The monoisotopic (exact) mass is 438 g/mol. The molecule has 7 nitrogen and oxygen atoms in total. The van der Waals surface area contributed by atoms with Gasteiger partial charge in [-0.05, 0) is 62.2 Å². The average Bonchev–Trinajstić information content (AvgIpc) is 2.61. The molecule has 0 aliphatic heterocycles. The van der Waals surface area contributed by atoms with Gasteiger partial charge in [0.1, 0.15) is 6.54 Å². The molecule has 2 aromatic rings. The van der Waals surface area contributed by atoms with E-state index in [1.54, 1.807) is 57.2 Å². The van der Waals surface area contributed by atoms with Gasteiger partial charge in [-0.15, -0.1) is 0 Å². The van der Waals surface area contributed by atoms with E-state index >= 15 is 0 Å². The summed E-state index contributed by atoms with van der Waals surface area (Å²) in [5.41, 5.74) is 2.26. The number of carbonyl (C=O) groups is 2. The standard InChI is InChI=1S/C20H23ClN2O5S/c1-5-28-20(25)16-7-6-8-17(14(16)3)22-19(24)12-23(29(4,26)27)18-10-9-15(21)11-13(18)2/h6-11H,5,12H2,1-4H3,(H,22,24). The lowest BCUT2D eigenvalue weighted by atomic mass is 10.1. The lowest BCUT2D eigenvalue weighted by Gasteiger charge is -2.24. The minimum absolute atomic E-state index is 0.235. The molecule has 0 saturated carbocycles. The van der Waals surface area contributed by atoms with Crippen molar-refractivity contribution in [3.8, 4) is 0 Å². The smallest absolute Gasteiger partial charge is 0.338 e. The first-order valence-electron chi connectivity index (χ1n) is 8.85. The molecule has 0 aromatic heterocycles. The molecule has 1 N–H and O–H groups in total. The van der Waals surface area contributed by atoms with Crippen LogP contribution < -0.4 is 9.62 Å². The number of rotatable bonds is 7. The van der Waals surface area contributed by atoms with Crippen LogP contribution in [0.5, 0.6) is 0 Å². The van der Waals surface area contributed by atoms with Crippen LogP contribution in [0.15, 0.2) is 36.4 Å². The van der Waals surface area contributed by atoms with Gasteiger partial charge in [-0.1, -0.05) is 17.7 Å². The van der Waals surface area contributed by atoms with Gasteiger partial charge in [0.15, 0.2) is 0 Å². The van der Waals surface area contributed by atoms with Gasteiger partial charge >= 0.3 is 5.97 Å². The highest BCUT2D eigenvalue weighted by Gasteiger charge is 2.23. The summed E-state index contributed by atoms with van der Waals surface area (Å²) in [6, 6.07) is 9.59. The Labute approximate surface area is 175 Å². The lowest BCUT2D eigenvalue weighted by Crippen LogP contribution is -2.38. The fourth-order valence-electron chi connectivity index (χ4n) is 2.80. The molecular weight excluding hydrogens is 416 g/mol. The van der Waals surface area contributed by atoms with Crippen LogP contribution in [-0.2, 0) is 19.6 Å². The Bertz CT molecular complexity index is 1040. The van der Waals surface area contributed by atoms with Crippen molar-refractivity contribution < 1.29 is 22.7 Å². The third-order valence-electron chi connectivity index (χ3n) is 4.22. The van der Waals surface area contributed by atoms with Gasteiger partial charge in [0, 0.05) is 10.7 Å². The number of esters is 1. The van der Waals surface area contributed by atoms with Gasteiger partial charge in [0.2, 0.25) is 15.9 Å². The number of benzene rings is 2. The molecule has 0 saturated heterocycles. The first-order chi connectivity index (χ1) is 13.5. The highest BCUT2D eigenvalue weighted by atomic mass is 35.5. The molecule has 29 heavy (non-hydrogen) atoms. The van der Waals surface area contributed by atoms with Crippen LogP contribution in [0.2, 0.25) is 5.02 Å². The zero-order valence-corrected chi connectivity index (χ0v) is 18.2. The maximum atomic E-state index is 12.6. The van der Waals surface area contributed by atoms with Crippen LogP contribution in [0.4, 0.5) is 11.4 Å². The van der Waals surface area contributed by atoms with Crippen molar-refractivity contribution in [2.75, 3.05) is 29.0 Å². The molecule has 0 aliphatic rings.